The number of aromatic carboxylic acids is 1. The molecule has 2 heterocycles. The molecule has 2 aromatic rings. The van der Waals surface area contributed by atoms with Gasteiger partial charge in [-0.3, -0.25) is 0 Å². The van der Waals surface area contributed by atoms with E-state index in [-0.39, 0.29) is 24.1 Å². The van der Waals surface area contributed by atoms with Crippen molar-refractivity contribution in [2.45, 2.75) is 26.5 Å². The minimum atomic E-state index is -1.12. The molecule has 7 nitrogen and oxygen atoms in total. The fourth-order valence-corrected chi connectivity index (χ4v) is 1.62. The highest BCUT2D eigenvalue weighted by atomic mass is 16.5. The van der Waals surface area contributed by atoms with Crippen LogP contribution in [-0.2, 0) is 6.61 Å². The quantitative estimate of drug-likeness (QED) is 0.878. The molecule has 0 aliphatic rings. The standard InChI is InChI=1S/C12H14N4O3/c1-8(2)16-10(14-7-15-16)6-19-9-4-3-5-13-11(9)12(17)18/h3-5,7-8H,6H2,1-2H3,(H,17,18). The number of aromatic nitrogens is 4. The Kier molecular flexibility index (Phi) is 3.74. The van der Waals surface area contributed by atoms with E-state index in [1.165, 1.54) is 12.5 Å². The summed E-state index contributed by atoms with van der Waals surface area (Å²) in [5.74, 6) is -0.274. The van der Waals surface area contributed by atoms with E-state index in [9.17, 15) is 4.79 Å². The van der Waals surface area contributed by atoms with Crippen LogP contribution in [0.5, 0.6) is 5.75 Å². The Balaban J connectivity index is 2.15. The molecule has 0 aromatic carbocycles. The summed E-state index contributed by atoms with van der Waals surface area (Å²) in [6.07, 6.45) is 2.85. The highest BCUT2D eigenvalue weighted by molar-refractivity contribution is 5.88. The van der Waals surface area contributed by atoms with Crippen LogP contribution in [0.1, 0.15) is 36.2 Å². The first-order valence-electron chi connectivity index (χ1n) is 5.79. The van der Waals surface area contributed by atoms with E-state index in [0.717, 1.165) is 0 Å². The van der Waals surface area contributed by atoms with Gasteiger partial charge in [0.15, 0.2) is 17.3 Å². The fourth-order valence-electron chi connectivity index (χ4n) is 1.62. The van der Waals surface area contributed by atoms with Crippen LogP contribution in [0.15, 0.2) is 24.7 Å². The lowest BCUT2D eigenvalue weighted by Gasteiger charge is -2.11. The van der Waals surface area contributed by atoms with Gasteiger partial charge in [-0.25, -0.2) is 19.4 Å². The molecule has 1 N–H and O–H groups in total. The van der Waals surface area contributed by atoms with Crippen LogP contribution in [0.4, 0.5) is 0 Å². The predicted molar refractivity (Wildman–Crippen MR) is 65.9 cm³/mol. The smallest absolute Gasteiger partial charge is 0.358 e. The van der Waals surface area contributed by atoms with E-state index in [4.69, 9.17) is 9.84 Å². The fraction of sp³-hybridized carbons (Fsp3) is 0.333. The van der Waals surface area contributed by atoms with Crippen molar-refractivity contribution < 1.29 is 14.6 Å². The van der Waals surface area contributed by atoms with Crippen LogP contribution >= 0.6 is 0 Å². The van der Waals surface area contributed by atoms with Crippen molar-refractivity contribution in [3.63, 3.8) is 0 Å². The molecule has 0 fully saturated rings. The van der Waals surface area contributed by atoms with Crippen molar-refractivity contribution in [3.8, 4) is 5.75 Å². The van der Waals surface area contributed by atoms with Gasteiger partial charge in [0.2, 0.25) is 0 Å². The Bertz CT molecular complexity index is 580. The maximum absolute atomic E-state index is 11.0. The van der Waals surface area contributed by atoms with Gasteiger partial charge in [0, 0.05) is 12.2 Å². The molecule has 0 saturated carbocycles. The summed E-state index contributed by atoms with van der Waals surface area (Å²) in [5, 5.41) is 13.1. The molecule has 0 unspecified atom stereocenters. The van der Waals surface area contributed by atoms with Gasteiger partial charge in [0.1, 0.15) is 12.9 Å². The Morgan fingerprint density at radius 1 is 1.47 bits per heavy atom. The van der Waals surface area contributed by atoms with E-state index in [1.807, 2.05) is 13.8 Å². The van der Waals surface area contributed by atoms with Crippen molar-refractivity contribution in [1.29, 1.82) is 0 Å². The Hall–Kier alpha value is -2.44. The zero-order valence-corrected chi connectivity index (χ0v) is 10.6. The van der Waals surface area contributed by atoms with Crippen LogP contribution in [0, 0.1) is 0 Å². The lowest BCUT2D eigenvalue weighted by molar-refractivity contribution is 0.0684. The highest BCUT2D eigenvalue weighted by Gasteiger charge is 2.14. The molecule has 0 aliphatic heterocycles. The molecule has 0 atom stereocenters. The lowest BCUT2D eigenvalue weighted by atomic mass is 10.3. The average Bonchev–Trinajstić information content (AvgIpc) is 2.85. The van der Waals surface area contributed by atoms with Gasteiger partial charge in [-0.2, -0.15) is 5.10 Å². The zero-order valence-electron chi connectivity index (χ0n) is 10.6. The summed E-state index contributed by atoms with van der Waals surface area (Å²) < 4.78 is 7.19. The summed E-state index contributed by atoms with van der Waals surface area (Å²) in [6.45, 7) is 4.10. The molecule has 0 radical (unpaired) electrons. The minimum absolute atomic E-state index is 0.113. The van der Waals surface area contributed by atoms with Gasteiger partial charge in [-0.15, -0.1) is 0 Å². The second-order valence-electron chi connectivity index (χ2n) is 4.16. The van der Waals surface area contributed by atoms with Crippen molar-refractivity contribution in [2.75, 3.05) is 0 Å². The first-order chi connectivity index (χ1) is 9.09. The lowest BCUT2D eigenvalue weighted by Crippen LogP contribution is -2.12. The SMILES string of the molecule is CC(C)n1ncnc1COc1cccnc1C(=O)O. The first-order valence-corrected chi connectivity index (χ1v) is 5.79. The number of carbonyl (C=O) groups is 1. The Labute approximate surface area is 109 Å². The van der Waals surface area contributed by atoms with Crippen molar-refractivity contribution in [1.82, 2.24) is 19.7 Å². The number of carboxylic acid groups (broad SMARTS) is 1. The van der Waals surface area contributed by atoms with Crippen LogP contribution in [0.25, 0.3) is 0 Å². The number of rotatable bonds is 5. The molecule has 2 rings (SSSR count). The van der Waals surface area contributed by atoms with E-state index in [1.54, 1.807) is 16.8 Å². The molecule has 19 heavy (non-hydrogen) atoms. The van der Waals surface area contributed by atoms with Gasteiger partial charge >= 0.3 is 5.97 Å². The second-order valence-corrected chi connectivity index (χ2v) is 4.16. The van der Waals surface area contributed by atoms with E-state index >= 15 is 0 Å². The Morgan fingerprint density at radius 2 is 2.26 bits per heavy atom. The highest BCUT2D eigenvalue weighted by Crippen LogP contribution is 2.17. The monoisotopic (exact) mass is 262 g/mol. The summed E-state index contributed by atoms with van der Waals surface area (Å²) in [7, 11) is 0. The van der Waals surface area contributed by atoms with Crippen LogP contribution in [-0.4, -0.2) is 30.8 Å². The summed E-state index contributed by atoms with van der Waals surface area (Å²) in [6, 6.07) is 3.34. The minimum Gasteiger partial charge on any atom is -0.483 e. The molecule has 100 valence electrons. The molecule has 0 amide bonds. The molecular formula is C12H14N4O3. The summed E-state index contributed by atoms with van der Waals surface area (Å²) in [4.78, 5) is 18.8. The van der Waals surface area contributed by atoms with Crippen LogP contribution in [0.2, 0.25) is 0 Å². The number of carboxylic acids is 1. The maximum atomic E-state index is 11.0. The topological polar surface area (TPSA) is 90.1 Å². The van der Waals surface area contributed by atoms with Crippen molar-refractivity contribution >= 4 is 5.97 Å². The second kappa shape index (κ2) is 5.47. The van der Waals surface area contributed by atoms with Gasteiger partial charge in [-0.1, -0.05) is 0 Å². The Morgan fingerprint density at radius 3 is 2.95 bits per heavy atom. The van der Waals surface area contributed by atoms with Gasteiger partial charge < -0.3 is 9.84 Å². The molecule has 0 spiro atoms. The van der Waals surface area contributed by atoms with E-state index in [2.05, 4.69) is 15.1 Å². The largest absolute Gasteiger partial charge is 0.483 e. The molecule has 0 aliphatic carbocycles. The normalized spacial score (nSPS) is 10.7. The van der Waals surface area contributed by atoms with Gasteiger partial charge in [-0.05, 0) is 26.0 Å². The predicted octanol–water partition coefficient (Wildman–Crippen LogP) is 1.53. The van der Waals surface area contributed by atoms with E-state index < -0.39 is 5.97 Å². The van der Waals surface area contributed by atoms with Gasteiger partial charge in [0.05, 0.1) is 0 Å². The van der Waals surface area contributed by atoms with Crippen molar-refractivity contribution in [3.05, 3.63) is 36.2 Å². The molecule has 2 aromatic heterocycles. The summed E-state index contributed by atoms with van der Waals surface area (Å²) in [5.41, 5.74) is -0.113. The number of nitrogens with zero attached hydrogens (tertiary/aromatic N) is 4. The third-order valence-electron chi connectivity index (χ3n) is 2.47. The number of pyridine rings is 1. The zero-order chi connectivity index (χ0) is 13.8. The maximum Gasteiger partial charge on any atom is 0.358 e. The third-order valence-corrected chi connectivity index (χ3v) is 2.47. The molecule has 0 saturated heterocycles. The number of hydrogen-bond acceptors (Lipinski definition) is 5. The molecule has 0 bridgehead atoms. The summed E-state index contributed by atoms with van der Waals surface area (Å²) >= 11 is 0. The van der Waals surface area contributed by atoms with Crippen molar-refractivity contribution in [2.24, 2.45) is 0 Å². The number of ether oxygens (including phenoxy) is 1. The van der Waals surface area contributed by atoms with Gasteiger partial charge in [0.25, 0.3) is 0 Å². The van der Waals surface area contributed by atoms with Crippen LogP contribution < -0.4 is 4.74 Å². The third kappa shape index (κ3) is 2.87. The van der Waals surface area contributed by atoms with E-state index in [0.29, 0.717) is 5.82 Å². The first kappa shape index (κ1) is 13.0. The molecular weight excluding hydrogens is 248 g/mol. The average molecular weight is 262 g/mol. The van der Waals surface area contributed by atoms with Crippen LogP contribution in [0.3, 0.4) is 0 Å². The number of hydrogen-bond donors (Lipinski definition) is 1. The molecule has 7 heteroatoms.